The number of phosphoric ester groups is 2. The van der Waals surface area contributed by atoms with Crippen LogP contribution in [0.2, 0.25) is 0 Å². The lowest BCUT2D eigenvalue weighted by atomic mass is 9.94. The van der Waals surface area contributed by atoms with Crippen LogP contribution in [0, 0.1) is 5.92 Å². The molecule has 730 valence electrons. The number of carbonyl (C=O) groups is 2. The molecule has 3 heterocycles. The predicted molar refractivity (Wildman–Crippen MR) is 514 cm³/mol. The summed E-state index contributed by atoms with van der Waals surface area (Å²) >= 11 is 0. The highest BCUT2D eigenvalue weighted by Gasteiger charge is 2.56. The summed E-state index contributed by atoms with van der Waals surface area (Å²) in [4.78, 5) is 46.3. The number of phosphoric acid groups is 2. The highest BCUT2D eigenvalue weighted by Crippen LogP contribution is 2.61. The molecule has 3 saturated heterocycles. The van der Waals surface area contributed by atoms with Gasteiger partial charge in [0.2, 0.25) is 11.8 Å². The minimum atomic E-state index is -5.70. The SMILES string of the molecule is CC(=O)N[C@H]1[C@H](O[C@H]2[C@H](O)[C@@H](NC(C)=O)[C@H](OP(=O)(O)OP(=O)(O)OCCC(C)CC/C=C(\C)CC/C=C(\C)CC/C=C(\C)CC/C=C(\C)CC/C=C(\C)CC/C=C(\C)CC/C=C(\C)CC/C=C(\C)CC/C=C(\C)CC/C=C(\C)CC/C=C(\C)CC/C=C(\C)CC/C=C(\C)CC/C=C(\C)CCC=C(C)C)O[C@@H]2CO)O[C@H](CO)[C@@H](O[C@@H]2O[C@H](CO)[C@@H](O)[C@H](O)[C@@H]2O)[C@@H]1O. The summed E-state index contributed by atoms with van der Waals surface area (Å²) in [5.41, 5.74) is 21.8. The third kappa shape index (κ3) is 50.8. The molecule has 18 atom stereocenters. The van der Waals surface area contributed by atoms with Gasteiger partial charge in [0.25, 0.3) is 0 Å². The zero-order valence-corrected chi connectivity index (χ0v) is 83.2. The van der Waals surface area contributed by atoms with Crippen molar-refractivity contribution in [1.29, 1.82) is 0 Å². The third-order valence-electron chi connectivity index (χ3n) is 23.8. The van der Waals surface area contributed by atoms with Crippen LogP contribution in [0.3, 0.4) is 0 Å². The first-order valence-corrected chi connectivity index (χ1v) is 50.1. The van der Waals surface area contributed by atoms with Crippen molar-refractivity contribution < 1.29 is 106 Å². The van der Waals surface area contributed by atoms with Crippen LogP contribution < -0.4 is 10.6 Å². The molecule has 0 aromatic carbocycles. The largest absolute Gasteiger partial charge is 0.483 e. The van der Waals surface area contributed by atoms with Gasteiger partial charge in [0.15, 0.2) is 18.9 Å². The number of aliphatic hydroxyl groups excluding tert-OH is 8. The Labute approximate surface area is 770 Å². The van der Waals surface area contributed by atoms with Crippen LogP contribution in [-0.2, 0) is 55.8 Å². The molecule has 0 bridgehead atoms. The van der Waals surface area contributed by atoms with Crippen LogP contribution in [-0.4, -0.2) is 181 Å². The van der Waals surface area contributed by atoms with Crippen molar-refractivity contribution in [2.24, 2.45) is 5.92 Å². The smallest absolute Gasteiger partial charge is 0.394 e. The quantitative estimate of drug-likeness (QED) is 0.0199. The number of hydrogen-bond donors (Lipinski definition) is 12. The Morgan fingerprint density at radius 3 is 0.844 bits per heavy atom. The van der Waals surface area contributed by atoms with Crippen LogP contribution >= 0.6 is 15.6 Å². The summed E-state index contributed by atoms with van der Waals surface area (Å²) < 4.78 is 69.8. The summed E-state index contributed by atoms with van der Waals surface area (Å²) in [5, 5.41) is 89.6. The van der Waals surface area contributed by atoms with Crippen molar-refractivity contribution in [3.63, 3.8) is 0 Å². The zero-order valence-electron chi connectivity index (χ0n) is 81.4. The first kappa shape index (κ1) is 117. The molecule has 0 spiro atoms. The van der Waals surface area contributed by atoms with Gasteiger partial charge in [0.05, 0.1) is 26.4 Å². The van der Waals surface area contributed by atoms with Gasteiger partial charge in [-0.3, -0.25) is 18.6 Å². The van der Waals surface area contributed by atoms with E-state index in [2.05, 4.69) is 217 Å². The average molecular weight is 1840 g/mol. The lowest BCUT2D eigenvalue weighted by Crippen LogP contribution is -2.70. The first-order chi connectivity index (χ1) is 60.6. The minimum absolute atomic E-state index is 0.00352. The summed E-state index contributed by atoms with van der Waals surface area (Å²) in [6.07, 6.45) is 44.7. The third-order valence-corrected chi connectivity index (χ3v) is 26.5. The maximum atomic E-state index is 13.4. The lowest BCUT2D eigenvalue weighted by molar-refractivity contribution is -0.360. The van der Waals surface area contributed by atoms with E-state index >= 15 is 0 Å². The molecule has 0 aromatic heterocycles. The lowest BCUT2D eigenvalue weighted by Gasteiger charge is -2.49. The average Bonchev–Trinajstić information content (AvgIpc) is 0.765. The summed E-state index contributed by atoms with van der Waals surface area (Å²) in [7, 11) is -11.0. The van der Waals surface area contributed by atoms with Gasteiger partial charge in [0.1, 0.15) is 73.1 Å². The molecule has 24 nitrogen and oxygen atoms in total. The van der Waals surface area contributed by atoms with Gasteiger partial charge in [0, 0.05) is 13.8 Å². The molecular weight excluding hydrogens is 1670 g/mol. The van der Waals surface area contributed by atoms with Gasteiger partial charge >= 0.3 is 15.6 Å². The first-order valence-electron chi connectivity index (χ1n) is 47.1. The predicted octanol–water partition coefficient (Wildman–Crippen LogP) is 20.9. The maximum Gasteiger partial charge on any atom is 0.483 e. The Balaban J connectivity index is 1.28. The van der Waals surface area contributed by atoms with Crippen molar-refractivity contribution in [2.75, 3.05) is 26.4 Å². The van der Waals surface area contributed by atoms with E-state index in [1.165, 1.54) is 96.4 Å². The number of hydrogen-bond acceptors (Lipinski definition) is 20. The van der Waals surface area contributed by atoms with Crippen molar-refractivity contribution in [1.82, 2.24) is 10.6 Å². The molecule has 3 rings (SSSR count). The Morgan fingerprint density at radius 1 is 0.320 bits per heavy atom. The van der Waals surface area contributed by atoms with E-state index in [0.29, 0.717) is 6.42 Å². The maximum absolute atomic E-state index is 13.4. The highest BCUT2D eigenvalue weighted by molar-refractivity contribution is 7.61. The van der Waals surface area contributed by atoms with Crippen LogP contribution in [0.25, 0.3) is 0 Å². The second kappa shape index (κ2) is 64.6. The Bertz CT molecular complexity index is 3890. The molecule has 0 aromatic rings. The fourth-order valence-electron chi connectivity index (χ4n) is 15.5. The van der Waals surface area contributed by atoms with Crippen molar-refractivity contribution in [3.8, 4) is 0 Å². The number of amides is 2. The van der Waals surface area contributed by atoms with E-state index in [1.54, 1.807) is 0 Å². The molecule has 0 saturated carbocycles. The van der Waals surface area contributed by atoms with Crippen LogP contribution in [0.4, 0.5) is 0 Å². The van der Waals surface area contributed by atoms with Crippen LogP contribution in [0.1, 0.15) is 331 Å². The fraction of sp³-hybridized carbons (Fsp3) is 0.686. The number of carbonyl (C=O) groups excluding carboxylic acids is 2. The van der Waals surface area contributed by atoms with Gasteiger partial charge in [-0.25, -0.2) is 9.13 Å². The summed E-state index contributed by atoms with van der Waals surface area (Å²) in [5.74, 6) is -1.65. The van der Waals surface area contributed by atoms with Crippen molar-refractivity contribution in [3.05, 3.63) is 175 Å². The van der Waals surface area contributed by atoms with Gasteiger partial charge in [-0.1, -0.05) is 182 Å². The molecule has 3 aliphatic heterocycles. The number of nitrogens with one attached hydrogen (secondary N) is 2. The number of aliphatic hydroxyl groups is 8. The molecule has 2 amide bonds. The van der Waals surface area contributed by atoms with Gasteiger partial charge in [-0.05, 0) is 316 Å². The Hall–Kier alpha value is -5.22. The Morgan fingerprint density at radius 2 is 0.570 bits per heavy atom. The van der Waals surface area contributed by atoms with Crippen LogP contribution in [0.15, 0.2) is 175 Å². The highest BCUT2D eigenvalue weighted by atomic mass is 31.3. The summed E-state index contributed by atoms with van der Waals surface area (Å²) in [6, 6.07) is -3.54. The molecule has 0 radical (unpaired) electrons. The van der Waals surface area contributed by atoms with Crippen molar-refractivity contribution in [2.45, 2.75) is 423 Å². The van der Waals surface area contributed by atoms with E-state index < -0.39 is 139 Å². The number of allylic oxidation sites excluding steroid dienone is 30. The molecule has 3 fully saturated rings. The standard InChI is InChI=1S/C102H170N2O22P2/c1-70(2)35-20-36-71(3)37-21-38-72(4)39-22-40-73(5)41-23-42-74(6)43-24-44-75(7)45-25-46-76(8)47-26-48-77(9)49-27-50-78(10)51-28-52-79(11)53-29-54-80(12)55-30-56-81(13)57-31-58-82(14)59-32-60-83(15)61-33-62-84(16)63-34-64-85(17)65-66-119-127(115,116)126-128(117,118)125-101-92(104-87(19)109)95(112)98(90(69-107)122-101)123-100-91(103-86(18)108)94(111)99(89(68-106)121-100)124-102-97(114)96(113)93(110)88(67-105)120-102/h35,37,39,41,43,45,47,49,51,53,55,57,59,61,63,85,88-102,105-107,110-114H,20-34,36,38,40,42,44,46,48,50,52,54,56,58,60,62,64-69H2,1-19H3,(H,103,108)(H,104,109)(H,115,116)(H,117,118)/b71-37+,72-39+,73-41+,74-43+,75-45+,76-47+,77-49+,78-51+,79-53+,80-55+,81-57+,82-59+,83-61+,84-63+/t85?,88-,89-,90-,91-,92-,93-,94-,95-,96+,97+,98-,99-,100+,101+,102+/m1/s1. The molecule has 128 heavy (non-hydrogen) atoms. The molecule has 12 N–H and O–H groups in total. The molecule has 0 aliphatic carbocycles. The second-order valence-corrected chi connectivity index (χ2v) is 39.7. The topological polar surface area (TPSA) is 368 Å². The van der Waals surface area contributed by atoms with Crippen molar-refractivity contribution >= 4 is 27.5 Å². The van der Waals surface area contributed by atoms with E-state index in [0.717, 1.165) is 187 Å². The molecule has 3 aliphatic rings. The van der Waals surface area contributed by atoms with Crippen LogP contribution in [0.5, 0.6) is 0 Å². The van der Waals surface area contributed by atoms with Gasteiger partial charge < -0.3 is 85.0 Å². The Kier molecular flexibility index (Phi) is 59.1. The van der Waals surface area contributed by atoms with E-state index in [4.69, 9.17) is 32.7 Å². The monoisotopic (exact) mass is 1840 g/mol. The molecular formula is C102H170N2O22P2. The van der Waals surface area contributed by atoms with E-state index in [1.807, 2.05) is 6.92 Å². The van der Waals surface area contributed by atoms with E-state index in [-0.39, 0.29) is 18.9 Å². The summed E-state index contributed by atoms with van der Waals surface area (Å²) in [6.45, 7) is 36.8. The fourth-order valence-corrected chi connectivity index (χ4v) is 17.7. The van der Waals surface area contributed by atoms with Gasteiger partial charge in [-0.2, -0.15) is 4.31 Å². The number of ether oxygens (including phenoxy) is 5. The number of rotatable bonds is 62. The second-order valence-electron chi connectivity index (χ2n) is 36.7. The van der Waals surface area contributed by atoms with Gasteiger partial charge in [-0.15, -0.1) is 0 Å². The molecule has 26 heteroatoms. The van der Waals surface area contributed by atoms with E-state index in [9.17, 15) is 69.4 Å². The minimum Gasteiger partial charge on any atom is -0.394 e. The normalized spacial score (nSPS) is 25.9. The molecule has 3 unspecified atom stereocenters. The zero-order chi connectivity index (χ0) is 95.5.